The van der Waals surface area contributed by atoms with E-state index < -0.39 is 0 Å². The van der Waals surface area contributed by atoms with Crippen LogP contribution in [0.1, 0.15) is 36.2 Å². The summed E-state index contributed by atoms with van der Waals surface area (Å²) >= 11 is 5.68. The van der Waals surface area contributed by atoms with Crippen LogP contribution in [0.15, 0.2) is 18.2 Å². The maximum Gasteiger partial charge on any atom is 0.150 e. The number of carbonyl (C=O) groups excluding carboxylic acids is 1. The predicted molar refractivity (Wildman–Crippen MR) is 74.4 cm³/mol. The van der Waals surface area contributed by atoms with Gasteiger partial charge in [-0.2, -0.15) is 0 Å². The molecule has 0 saturated heterocycles. The van der Waals surface area contributed by atoms with Gasteiger partial charge in [-0.15, -0.1) is 11.6 Å². The lowest BCUT2D eigenvalue weighted by molar-refractivity contribution is 0.112. The molecular weight excluding hydrogens is 234 g/mol. The quantitative estimate of drug-likeness (QED) is 0.605. The molecule has 0 amide bonds. The number of fused-ring (bicyclic) bond motifs is 1. The van der Waals surface area contributed by atoms with Gasteiger partial charge in [0, 0.05) is 30.2 Å². The third kappa shape index (κ3) is 3.47. The average Bonchev–Trinajstić information content (AvgIpc) is 2.80. The Hall–Kier alpha value is -1.02. The van der Waals surface area contributed by atoms with Crippen molar-refractivity contribution in [2.24, 2.45) is 0 Å². The highest BCUT2D eigenvalue weighted by atomic mass is 35.5. The molecule has 0 aromatic heterocycles. The molecular formula is C14H20ClNO. The minimum Gasteiger partial charge on any atom is -0.371 e. The summed E-state index contributed by atoms with van der Waals surface area (Å²) in [4.78, 5) is 13.0. The molecule has 0 spiro atoms. The van der Waals surface area contributed by atoms with Crippen molar-refractivity contribution in [2.75, 3.05) is 23.9 Å². The summed E-state index contributed by atoms with van der Waals surface area (Å²) in [5, 5.41) is 0. The van der Waals surface area contributed by atoms with Gasteiger partial charge < -0.3 is 4.90 Å². The molecule has 17 heavy (non-hydrogen) atoms. The summed E-state index contributed by atoms with van der Waals surface area (Å²) in [5.74, 6) is 0.707. The van der Waals surface area contributed by atoms with Crippen molar-refractivity contribution < 1.29 is 4.79 Å². The van der Waals surface area contributed by atoms with Gasteiger partial charge in [0.25, 0.3) is 0 Å². The number of carbonyl (C=O) groups is 1. The molecule has 1 aliphatic heterocycles. The molecule has 1 aliphatic rings. The minimum atomic E-state index is 0.707. The maximum atomic E-state index is 10.6. The van der Waals surface area contributed by atoms with Gasteiger partial charge in [-0.3, -0.25) is 4.79 Å². The number of halogens is 1. The zero-order valence-electron chi connectivity index (χ0n) is 10.6. The summed E-state index contributed by atoms with van der Waals surface area (Å²) in [7, 11) is 0. The second-order valence-electron chi connectivity index (χ2n) is 3.79. The molecule has 0 radical (unpaired) electrons. The Balaban J connectivity index is 0.000000686. The number of hydrogen-bond donors (Lipinski definition) is 0. The predicted octanol–water partition coefficient (Wildman–Crippen LogP) is 3.52. The number of alkyl halides is 1. The number of benzene rings is 1. The first-order valence-electron chi connectivity index (χ1n) is 6.24. The maximum absolute atomic E-state index is 10.6. The fourth-order valence-corrected chi connectivity index (χ4v) is 2.17. The minimum absolute atomic E-state index is 0.707. The van der Waals surface area contributed by atoms with Crippen LogP contribution in [0.25, 0.3) is 0 Å². The fraction of sp³-hybridized carbons (Fsp3) is 0.500. The summed E-state index contributed by atoms with van der Waals surface area (Å²) in [5.41, 5.74) is 3.33. The van der Waals surface area contributed by atoms with E-state index in [-0.39, 0.29) is 0 Å². The van der Waals surface area contributed by atoms with Crippen LogP contribution >= 0.6 is 11.6 Å². The van der Waals surface area contributed by atoms with E-state index in [9.17, 15) is 4.79 Å². The van der Waals surface area contributed by atoms with Gasteiger partial charge in [-0.1, -0.05) is 13.8 Å². The highest BCUT2D eigenvalue weighted by Gasteiger charge is 2.18. The van der Waals surface area contributed by atoms with Crippen molar-refractivity contribution >= 4 is 23.6 Å². The number of hydrogen-bond acceptors (Lipinski definition) is 2. The van der Waals surface area contributed by atoms with Gasteiger partial charge >= 0.3 is 0 Å². The van der Waals surface area contributed by atoms with Crippen molar-refractivity contribution in [3.05, 3.63) is 29.3 Å². The Morgan fingerprint density at radius 1 is 1.41 bits per heavy atom. The lowest BCUT2D eigenvalue weighted by Crippen LogP contribution is -2.21. The van der Waals surface area contributed by atoms with Gasteiger partial charge in [0.1, 0.15) is 6.29 Å². The van der Waals surface area contributed by atoms with Crippen LogP contribution in [0, 0.1) is 0 Å². The van der Waals surface area contributed by atoms with E-state index in [2.05, 4.69) is 4.90 Å². The van der Waals surface area contributed by atoms with Crippen molar-refractivity contribution in [3.8, 4) is 0 Å². The van der Waals surface area contributed by atoms with Crippen LogP contribution in [-0.2, 0) is 6.42 Å². The highest BCUT2D eigenvalue weighted by molar-refractivity contribution is 6.17. The molecule has 1 heterocycles. The van der Waals surface area contributed by atoms with Gasteiger partial charge in [-0.25, -0.2) is 0 Å². The van der Waals surface area contributed by atoms with Crippen LogP contribution in [0.3, 0.4) is 0 Å². The molecule has 0 bridgehead atoms. The Morgan fingerprint density at radius 2 is 2.18 bits per heavy atom. The highest BCUT2D eigenvalue weighted by Crippen LogP contribution is 2.28. The van der Waals surface area contributed by atoms with E-state index in [1.165, 1.54) is 11.3 Å². The van der Waals surface area contributed by atoms with Crippen molar-refractivity contribution in [3.63, 3.8) is 0 Å². The average molecular weight is 254 g/mol. The molecule has 1 aromatic carbocycles. The molecule has 3 heteroatoms. The lowest BCUT2D eigenvalue weighted by Gasteiger charge is -2.18. The Bertz CT molecular complexity index is 365. The molecule has 94 valence electrons. The zero-order chi connectivity index (χ0) is 12.7. The monoisotopic (exact) mass is 253 g/mol. The number of anilines is 1. The third-order valence-corrected chi connectivity index (χ3v) is 3.06. The van der Waals surface area contributed by atoms with Gasteiger partial charge in [-0.05, 0) is 36.6 Å². The third-order valence-electron chi connectivity index (χ3n) is 2.79. The van der Waals surface area contributed by atoms with E-state index in [0.29, 0.717) is 5.88 Å². The van der Waals surface area contributed by atoms with Crippen LogP contribution in [0.4, 0.5) is 5.69 Å². The van der Waals surface area contributed by atoms with Crippen molar-refractivity contribution in [1.82, 2.24) is 0 Å². The van der Waals surface area contributed by atoms with E-state index in [1.807, 2.05) is 32.0 Å². The van der Waals surface area contributed by atoms with Gasteiger partial charge in [0.15, 0.2) is 0 Å². The molecule has 2 rings (SSSR count). The number of nitrogens with zero attached hydrogens (tertiary/aromatic N) is 1. The summed E-state index contributed by atoms with van der Waals surface area (Å²) < 4.78 is 0. The molecule has 0 fully saturated rings. The second-order valence-corrected chi connectivity index (χ2v) is 4.16. The van der Waals surface area contributed by atoms with Crippen LogP contribution in [0.5, 0.6) is 0 Å². The Kier molecular flexibility index (Phi) is 6.06. The van der Waals surface area contributed by atoms with E-state index in [0.717, 1.165) is 37.8 Å². The van der Waals surface area contributed by atoms with Gasteiger partial charge in [0.05, 0.1) is 0 Å². The topological polar surface area (TPSA) is 20.3 Å². The smallest absolute Gasteiger partial charge is 0.150 e. The first-order chi connectivity index (χ1) is 8.35. The number of aldehydes is 1. The summed E-state index contributed by atoms with van der Waals surface area (Å²) in [6, 6.07) is 5.91. The SMILES string of the molecule is CC.O=Cc1ccc2c(c1)CCN2CCCCl. The fourth-order valence-electron chi connectivity index (χ4n) is 2.05. The standard InChI is InChI=1S/C12H14ClNO.C2H6/c13-5-1-6-14-7-4-11-8-10(9-15)2-3-12(11)14;1-2/h2-3,8-9H,1,4-7H2;1-2H3. The van der Waals surface area contributed by atoms with E-state index >= 15 is 0 Å². The second kappa shape index (κ2) is 7.33. The van der Waals surface area contributed by atoms with Crippen molar-refractivity contribution in [2.45, 2.75) is 26.7 Å². The lowest BCUT2D eigenvalue weighted by atomic mass is 10.1. The molecule has 0 saturated carbocycles. The van der Waals surface area contributed by atoms with E-state index in [1.54, 1.807) is 0 Å². The largest absolute Gasteiger partial charge is 0.371 e. The number of rotatable bonds is 4. The molecule has 0 unspecified atom stereocenters. The van der Waals surface area contributed by atoms with Crippen LogP contribution < -0.4 is 4.90 Å². The summed E-state index contributed by atoms with van der Waals surface area (Å²) in [6.45, 7) is 6.06. The normalized spacial score (nSPS) is 12.8. The van der Waals surface area contributed by atoms with Crippen LogP contribution in [-0.4, -0.2) is 25.3 Å². The summed E-state index contributed by atoms with van der Waals surface area (Å²) in [6.07, 6.45) is 2.96. The van der Waals surface area contributed by atoms with Gasteiger partial charge in [0.2, 0.25) is 0 Å². The molecule has 0 atom stereocenters. The van der Waals surface area contributed by atoms with Crippen LogP contribution in [0.2, 0.25) is 0 Å². The first kappa shape index (κ1) is 14.0. The Labute approximate surface area is 109 Å². The molecule has 2 nitrogen and oxygen atoms in total. The van der Waals surface area contributed by atoms with Crippen molar-refractivity contribution in [1.29, 1.82) is 0 Å². The Morgan fingerprint density at radius 3 is 2.82 bits per heavy atom. The first-order valence-corrected chi connectivity index (χ1v) is 6.77. The zero-order valence-corrected chi connectivity index (χ0v) is 11.3. The van der Waals surface area contributed by atoms with E-state index in [4.69, 9.17) is 11.6 Å². The molecule has 0 aliphatic carbocycles. The molecule has 0 N–H and O–H groups in total. The molecule has 1 aromatic rings.